The van der Waals surface area contributed by atoms with Gasteiger partial charge in [-0.25, -0.2) is 15.0 Å². The van der Waals surface area contributed by atoms with Gasteiger partial charge in [0.25, 0.3) is 0 Å². The Morgan fingerprint density at radius 1 is 0.935 bits per heavy atom. The van der Waals surface area contributed by atoms with Gasteiger partial charge in [-0.2, -0.15) is 9.97 Å². The monoisotopic (exact) mass is 410 g/mol. The highest BCUT2D eigenvalue weighted by Crippen LogP contribution is 2.23. The molecule has 0 radical (unpaired) electrons. The van der Waals surface area contributed by atoms with Gasteiger partial charge in [0.05, 0.1) is 34.9 Å². The second-order valence-corrected chi connectivity index (χ2v) is 7.16. The molecule has 0 amide bonds. The molecule has 0 saturated heterocycles. The first kappa shape index (κ1) is 17.4. The normalized spacial score (nSPS) is 11.5. The van der Waals surface area contributed by atoms with Crippen LogP contribution in [0.3, 0.4) is 0 Å². The first-order chi connectivity index (χ1) is 15.2. The van der Waals surface area contributed by atoms with Crippen molar-refractivity contribution in [2.75, 3.05) is 10.6 Å². The lowest BCUT2D eigenvalue weighted by atomic mass is 10.3. The van der Waals surface area contributed by atoms with Gasteiger partial charge in [0, 0.05) is 7.05 Å². The number of H-pyrrole nitrogens is 2. The molecule has 0 atom stereocenters. The Kier molecular flexibility index (Phi) is 3.82. The van der Waals surface area contributed by atoms with Crippen molar-refractivity contribution in [2.24, 2.45) is 7.05 Å². The molecule has 2 aromatic carbocycles. The molecule has 0 aliphatic carbocycles. The minimum Gasteiger partial charge on any atom is -0.361 e. The topological polar surface area (TPSA) is 125 Å². The minimum atomic E-state index is 0.408. The largest absolute Gasteiger partial charge is 0.361 e. The van der Waals surface area contributed by atoms with E-state index >= 15 is 0 Å². The van der Waals surface area contributed by atoms with Crippen molar-refractivity contribution in [3.8, 4) is 0 Å². The van der Waals surface area contributed by atoms with Crippen LogP contribution < -0.4 is 10.6 Å². The van der Waals surface area contributed by atoms with Crippen LogP contribution in [0.2, 0.25) is 0 Å². The van der Waals surface area contributed by atoms with Crippen molar-refractivity contribution in [2.45, 2.75) is 6.54 Å². The molecule has 10 heteroatoms. The van der Waals surface area contributed by atoms with Crippen molar-refractivity contribution in [1.82, 2.24) is 39.5 Å². The van der Waals surface area contributed by atoms with Crippen molar-refractivity contribution in [3.63, 3.8) is 0 Å². The maximum absolute atomic E-state index is 4.65. The number of nitrogens with one attached hydrogen (secondary N) is 4. The molecule has 0 saturated carbocycles. The Bertz CT molecular complexity index is 1510. The van der Waals surface area contributed by atoms with E-state index in [4.69, 9.17) is 0 Å². The van der Waals surface area contributed by atoms with Gasteiger partial charge >= 0.3 is 0 Å². The number of para-hydroxylation sites is 4. The molecule has 0 unspecified atom stereocenters. The van der Waals surface area contributed by atoms with Crippen LogP contribution in [0.4, 0.5) is 17.7 Å². The summed E-state index contributed by atoms with van der Waals surface area (Å²) < 4.78 is 1.97. The molecular weight excluding hydrogens is 392 g/mol. The summed E-state index contributed by atoms with van der Waals surface area (Å²) in [6.45, 7) is 0.478. The minimum absolute atomic E-state index is 0.408. The zero-order valence-corrected chi connectivity index (χ0v) is 16.6. The number of aryl methyl sites for hydroxylation is 1. The van der Waals surface area contributed by atoms with Gasteiger partial charge in [0.2, 0.25) is 11.9 Å². The first-order valence-corrected chi connectivity index (χ1v) is 9.82. The summed E-state index contributed by atoms with van der Waals surface area (Å²) in [5.41, 5.74) is 5.14. The molecule has 31 heavy (non-hydrogen) atoms. The zero-order valence-electron chi connectivity index (χ0n) is 16.6. The summed E-state index contributed by atoms with van der Waals surface area (Å²) in [6, 6.07) is 15.9. The molecule has 152 valence electrons. The maximum Gasteiger partial charge on any atom is 0.233 e. The lowest BCUT2D eigenvalue weighted by Gasteiger charge is -2.09. The molecule has 6 aromatic rings. The lowest BCUT2D eigenvalue weighted by molar-refractivity contribution is 0.949. The second kappa shape index (κ2) is 6.80. The fourth-order valence-corrected chi connectivity index (χ4v) is 3.63. The van der Waals surface area contributed by atoms with E-state index < -0.39 is 0 Å². The van der Waals surface area contributed by atoms with Crippen LogP contribution in [0, 0.1) is 0 Å². The Balaban J connectivity index is 1.32. The summed E-state index contributed by atoms with van der Waals surface area (Å²) >= 11 is 0. The number of anilines is 3. The van der Waals surface area contributed by atoms with Gasteiger partial charge in [-0.05, 0) is 24.3 Å². The zero-order chi connectivity index (χ0) is 20.8. The molecule has 10 nitrogen and oxygen atoms in total. The van der Waals surface area contributed by atoms with Crippen LogP contribution in [0.1, 0.15) is 5.82 Å². The average Bonchev–Trinajstić information content (AvgIpc) is 3.50. The number of imidazole rings is 3. The Morgan fingerprint density at radius 3 is 2.65 bits per heavy atom. The van der Waals surface area contributed by atoms with Gasteiger partial charge in [0.1, 0.15) is 11.3 Å². The van der Waals surface area contributed by atoms with Crippen LogP contribution >= 0.6 is 0 Å². The number of fused-ring (bicyclic) bond motifs is 3. The van der Waals surface area contributed by atoms with Gasteiger partial charge in [-0.3, -0.25) is 5.32 Å². The third-order valence-electron chi connectivity index (χ3n) is 5.16. The Labute approximate surface area is 175 Å². The smallest absolute Gasteiger partial charge is 0.233 e. The van der Waals surface area contributed by atoms with E-state index in [9.17, 15) is 0 Å². The Morgan fingerprint density at radius 2 is 1.77 bits per heavy atom. The van der Waals surface area contributed by atoms with Crippen LogP contribution in [0.25, 0.3) is 33.2 Å². The Hall–Kier alpha value is -4.47. The standard InChI is InChI=1S/C21H18N10/c1-31-15-9-5-4-8-14(15)27-21(31)30-20-28-18(17-19(29-20)24-11-23-17)22-10-16-25-12-6-2-3-7-13(12)26-16/h2-9,11H,10H2,1H3,(H,25,26)(H3,22,23,24,27,28,29,30). The van der Waals surface area contributed by atoms with Crippen molar-refractivity contribution in [3.05, 3.63) is 60.7 Å². The van der Waals surface area contributed by atoms with Crippen molar-refractivity contribution >= 4 is 50.9 Å². The number of hydrogen-bond donors (Lipinski definition) is 4. The highest BCUT2D eigenvalue weighted by Gasteiger charge is 2.14. The molecule has 0 aliphatic rings. The van der Waals surface area contributed by atoms with Crippen LogP contribution in [-0.2, 0) is 13.6 Å². The van der Waals surface area contributed by atoms with E-state index in [0.717, 1.165) is 33.4 Å². The highest BCUT2D eigenvalue weighted by atomic mass is 15.3. The van der Waals surface area contributed by atoms with E-state index in [1.807, 2.05) is 60.1 Å². The van der Waals surface area contributed by atoms with Crippen molar-refractivity contribution in [1.29, 1.82) is 0 Å². The van der Waals surface area contributed by atoms with Gasteiger partial charge in [-0.1, -0.05) is 24.3 Å². The molecule has 4 N–H and O–H groups in total. The van der Waals surface area contributed by atoms with E-state index in [-0.39, 0.29) is 0 Å². The summed E-state index contributed by atoms with van der Waals surface area (Å²) in [7, 11) is 1.95. The van der Waals surface area contributed by atoms with Crippen LogP contribution in [0.5, 0.6) is 0 Å². The maximum atomic E-state index is 4.65. The molecule has 0 aliphatic heterocycles. The summed E-state index contributed by atoms with van der Waals surface area (Å²) in [5, 5.41) is 6.55. The second-order valence-electron chi connectivity index (χ2n) is 7.16. The quantitative estimate of drug-likeness (QED) is 0.343. The van der Waals surface area contributed by atoms with Gasteiger partial charge < -0.3 is 19.9 Å². The summed E-state index contributed by atoms with van der Waals surface area (Å²) in [5.74, 6) is 2.51. The van der Waals surface area contributed by atoms with Gasteiger partial charge in [-0.15, -0.1) is 0 Å². The van der Waals surface area contributed by atoms with E-state index in [1.165, 1.54) is 0 Å². The predicted octanol–water partition coefficient (Wildman–Crippen LogP) is 3.47. The number of aromatic amines is 2. The fraction of sp³-hybridized carbons (Fsp3) is 0.0952. The number of rotatable bonds is 5. The summed E-state index contributed by atoms with van der Waals surface area (Å²) in [4.78, 5) is 29.1. The van der Waals surface area contributed by atoms with E-state index in [0.29, 0.717) is 29.9 Å². The molecular formula is C21H18N10. The molecule has 6 rings (SSSR count). The number of aromatic nitrogens is 8. The number of hydrogen-bond acceptors (Lipinski definition) is 7. The number of nitrogens with zero attached hydrogens (tertiary/aromatic N) is 6. The summed E-state index contributed by atoms with van der Waals surface area (Å²) in [6.07, 6.45) is 1.60. The molecule has 0 fully saturated rings. The van der Waals surface area contributed by atoms with Crippen molar-refractivity contribution < 1.29 is 0 Å². The average molecular weight is 410 g/mol. The van der Waals surface area contributed by atoms with Crippen LogP contribution in [0.15, 0.2) is 54.9 Å². The van der Waals surface area contributed by atoms with E-state index in [2.05, 4.69) is 45.5 Å². The lowest BCUT2D eigenvalue weighted by Crippen LogP contribution is -2.08. The fourth-order valence-electron chi connectivity index (χ4n) is 3.63. The molecule has 0 spiro atoms. The predicted molar refractivity (Wildman–Crippen MR) is 119 cm³/mol. The number of benzene rings is 2. The third-order valence-corrected chi connectivity index (χ3v) is 5.16. The molecule has 4 aromatic heterocycles. The first-order valence-electron chi connectivity index (χ1n) is 9.82. The van der Waals surface area contributed by atoms with Gasteiger partial charge in [0.15, 0.2) is 11.5 Å². The third kappa shape index (κ3) is 3.01. The van der Waals surface area contributed by atoms with E-state index in [1.54, 1.807) is 6.33 Å². The molecule has 0 bridgehead atoms. The SMILES string of the molecule is Cn1c(Nc2nc(NCc3nc4ccccc4[nH]3)c3[nH]cnc3n2)nc2ccccc21. The molecule has 4 heterocycles. The van der Waals surface area contributed by atoms with Crippen LogP contribution in [-0.4, -0.2) is 39.5 Å². The highest BCUT2D eigenvalue weighted by molar-refractivity contribution is 5.84.